The van der Waals surface area contributed by atoms with Gasteiger partial charge in [0.05, 0.1) is 24.0 Å². The summed E-state index contributed by atoms with van der Waals surface area (Å²) in [5, 5.41) is 13.9. The first-order valence-electron chi connectivity index (χ1n) is 8.80. The van der Waals surface area contributed by atoms with Gasteiger partial charge >= 0.3 is 6.18 Å². The van der Waals surface area contributed by atoms with Crippen molar-refractivity contribution in [3.05, 3.63) is 53.1 Å². The van der Waals surface area contributed by atoms with Gasteiger partial charge in [-0.2, -0.15) is 13.2 Å². The van der Waals surface area contributed by atoms with Crippen LogP contribution >= 0.6 is 0 Å². The van der Waals surface area contributed by atoms with Gasteiger partial charge in [-0.3, -0.25) is 0 Å². The molecular formula is C20H17F3N2O2. The molecule has 3 aromatic rings. The quantitative estimate of drug-likeness (QED) is 0.593. The average Bonchev–Trinajstić information content (AvgIpc) is 3.37. The molecule has 2 aromatic carbocycles. The van der Waals surface area contributed by atoms with E-state index >= 15 is 0 Å². The van der Waals surface area contributed by atoms with Crippen molar-refractivity contribution >= 4 is 16.6 Å². The maximum absolute atomic E-state index is 13.1. The minimum absolute atomic E-state index is 0.215. The van der Waals surface area contributed by atoms with Gasteiger partial charge in [0.2, 0.25) is 0 Å². The van der Waals surface area contributed by atoms with Crippen LogP contribution in [0.15, 0.2) is 36.4 Å². The lowest BCUT2D eigenvalue weighted by Gasteiger charge is -2.13. The lowest BCUT2D eigenvalue weighted by atomic mass is 9.99. The summed E-state index contributed by atoms with van der Waals surface area (Å²) in [7, 11) is 0. The molecule has 4 nitrogen and oxygen atoms in total. The molecule has 1 saturated heterocycles. The number of rotatable bonds is 2. The van der Waals surface area contributed by atoms with Crippen molar-refractivity contribution in [3.63, 3.8) is 0 Å². The van der Waals surface area contributed by atoms with Crippen LogP contribution in [0.5, 0.6) is 0 Å². The molecule has 140 valence electrons. The van der Waals surface area contributed by atoms with E-state index in [0.29, 0.717) is 16.5 Å². The Labute approximate surface area is 153 Å². The third kappa shape index (κ3) is 2.96. The van der Waals surface area contributed by atoms with Crippen LogP contribution in [-0.2, 0) is 23.8 Å². The average molecular weight is 374 g/mol. The maximum atomic E-state index is 13.1. The minimum atomic E-state index is -4.41. The Bertz CT molecular complexity index is 1040. The highest BCUT2D eigenvalue weighted by atomic mass is 19.4. The topological polar surface area (TPSA) is 60.6 Å². The summed E-state index contributed by atoms with van der Waals surface area (Å²) >= 11 is 0. The van der Waals surface area contributed by atoms with Gasteiger partial charge in [0.1, 0.15) is 6.23 Å². The molecule has 0 aliphatic carbocycles. The molecule has 2 unspecified atom stereocenters. The molecule has 2 aliphatic rings. The fourth-order valence-electron chi connectivity index (χ4n) is 3.79. The fraction of sp³-hybridized carbons (Fsp3) is 0.300. The third-order valence-electron chi connectivity index (χ3n) is 5.17. The van der Waals surface area contributed by atoms with Crippen molar-refractivity contribution in [1.82, 2.24) is 4.98 Å². The lowest BCUT2D eigenvalue weighted by molar-refractivity contribution is -0.137. The second-order valence-corrected chi connectivity index (χ2v) is 7.14. The summed E-state index contributed by atoms with van der Waals surface area (Å²) in [6.45, 7) is 0.756. The molecule has 1 fully saturated rings. The number of halogens is 3. The van der Waals surface area contributed by atoms with Gasteiger partial charge < -0.3 is 20.1 Å². The van der Waals surface area contributed by atoms with Gasteiger partial charge in [-0.25, -0.2) is 0 Å². The fourth-order valence-corrected chi connectivity index (χ4v) is 3.79. The molecule has 0 amide bonds. The van der Waals surface area contributed by atoms with E-state index in [1.54, 1.807) is 0 Å². The van der Waals surface area contributed by atoms with E-state index < -0.39 is 18.0 Å². The molecule has 1 aromatic heterocycles. The molecule has 3 heterocycles. The molecular weight excluding hydrogens is 357 g/mol. The first-order valence-corrected chi connectivity index (χ1v) is 8.80. The molecule has 27 heavy (non-hydrogen) atoms. The number of aromatic amines is 1. The van der Waals surface area contributed by atoms with Crippen LogP contribution in [-0.4, -0.2) is 29.0 Å². The van der Waals surface area contributed by atoms with Crippen LogP contribution in [0.4, 0.5) is 18.9 Å². The summed E-state index contributed by atoms with van der Waals surface area (Å²) in [4.78, 5) is 3.26. The lowest BCUT2D eigenvalue weighted by Crippen LogP contribution is -2.20. The van der Waals surface area contributed by atoms with Crippen molar-refractivity contribution < 1.29 is 23.0 Å². The van der Waals surface area contributed by atoms with Gasteiger partial charge in [0, 0.05) is 35.0 Å². The molecule has 2 aliphatic heterocycles. The van der Waals surface area contributed by atoms with Crippen LogP contribution in [0.3, 0.4) is 0 Å². The molecule has 7 heteroatoms. The van der Waals surface area contributed by atoms with Gasteiger partial charge in [0.25, 0.3) is 0 Å². The van der Waals surface area contributed by atoms with Crippen LogP contribution in [0, 0.1) is 0 Å². The standard InChI is InChI=1S/C20H17F3N2O2/c21-20(22,23)11-2-4-16-13(7-11)14-8-18(26)24-17-3-1-10(5-12-9-27-12)6-15(17)19(14)25-16/h1-4,6-7,12,18,24-26H,5,8-9H2. The van der Waals surface area contributed by atoms with E-state index in [4.69, 9.17) is 4.74 Å². The number of aliphatic hydroxyl groups is 1. The second kappa shape index (κ2) is 5.74. The van der Waals surface area contributed by atoms with E-state index in [-0.39, 0.29) is 12.5 Å². The highest BCUT2D eigenvalue weighted by molar-refractivity contribution is 5.94. The second-order valence-electron chi connectivity index (χ2n) is 7.14. The van der Waals surface area contributed by atoms with E-state index in [1.807, 2.05) is 18.2 Å². The molecule has 5 rings (SSSR count). The van der Waals surface area contributed by atoms with Crippen LogP contribution in [0.2, 0.25) is 0 Å². The van der Waals surface area contributed by atoms with Crippen LogP contribution in [0.25, 0.3) is 22.2 Å². The summed E-state index contributed by atoms with van der Waals surface area (Å²) in [6, 6.07) is 9.58. The number of alkyl halides is 3. The molecule has 2 atom stereocenters. The van der Waals surface area contributed by atoms with E-state index in [1.165, 1.54) is 6.07 Å². The van der Waals surface area contributed by atoms with E-state index in [9.17, 15) is 18.3 Å². The van der Waals surface area contributed by atoms with Crippen molar-refractivity contribution in [1.29, 1.82) is 0 Å². The van der Waals surface area contributed by atoms with Crippen LogP contribution < -0.4 is 5.32 Å². The Morgan fingerprint density at radius 1 is 1.15 bits per heavy atom. The van der Waals surface area contributed by atoms with Gasteiger partial charge in [-0.05, 0) is 41.5 Å². The molecule has 3 N–H and O–H groups in total. The predicted molar refractivity (Wildman–Crippen MR) is 95.5 cm³/mol. The number of aliphatic hydroxyl groups excluding tert-OH is 1. The van der Waals surface area contributed by atoms with Gasteiger partial charge in [0.15, 0.2) is 0 Å². The monoisotopic (exact) mass is 374 g/mol. The van der Waals surface area contributed by atoms with E-state index in [2.05, 4.69) is 10.3 Å². The number of hydrogen-bond donors (Lipinski definition) is 3. The zero-order valence-corrected chi connectivity index (χ0v) is 14.2. The minimum Gasteiger partial charge on any atom is -0.373 e. The molecule has 0 saturated carbocycles. The third-order valence-corrected chi connectivity index (χ3v) is 5.17. The summed E-state index contributed by atoms with van der Waals surface area (Å²) in [5.74, 6) is 0. The number of aromatic nitrogens is 1. The number of ether oxygens (including phenoxy) is 1. The number of nitrogens with one attached hydrogen (secondary N) is 2. The normalized spacial score (nSPS) is 21.3. The number of epoxide rings is 1. The van der Waals surface area contributed by atoms with Crippen molar-refractivity contribution in [3.8, 4) is 11.3 Å². The van der Waals surface area contributed by atoms with Crippen molar-refractivity contribution in [2.24, 2.45) is 0 Å². The first-order chi connectivity index (χ1) is 12.9. The number of fused-ring (bicyclic) bond motifs is 5. The predicted octanol–water partition coefficient (Wildman–Crippen LogP) is 4.08. The Morgan fingerprint density at radius 2 is 1.96 bits per heavy atom. The largest absolute Gasteiger partial charge is 0.416 e. The van der Waals surface area contributed by atoms with Gasteiger partial charge in [-0.1, -0.05) is 6.07 Å². The number of benzene rings is 2. The van der Waals surface area contributed by atoms with Crippen molar-refractivity contribution in [2.45, 2.75) is 31.3 Å². The van der Waals surface area contributed by atoms with Gasteiger partial charge in [-0.15, -0.1) is 0 Å². The number of H-pyrrole nitrogens is 1. The number of hydrogen-bond acceptors (Lipinski definition) is 3. The first kappa shape index (κ1) is 16.6. The number of anilines is 1. The summed E-state index contributed by atoms with van der Waals surface area (Å²) in [6.07, 6.45) is -4.04. The van der Waals surface area contributed by atoms with E-state index in [0.717, 1.165) is 47.7 Å². The Kier molecular flexibility index (Phi) is 3.54. The smallest absolute Gasteiger partial charge is 0.373 e. The van der Waals surface area contributed by atoms with Crippen LogP contribution in [0.1, 0.15) is 16.7 Å². The molecule has 0 radical (unpaired) electrons. The van der Waals surface area contributed by atoms with Crippen molar-refractivity contribution in [2.75, 3.05) is 11.9 Å². The Hall–Kier alpha value is -2.51. The highest BCUT2D eigenvalue weighted by Crippen LogP contribution is 2.40. The summed E-state index contributed by atoms with van der Waals surface area (Å²) < 4.78 is 44.7. The zero-order valence-electron chi connectivity index (χ0n) is 14.2. The molecule has 0 spiro atoms. The Morgan fingerprint density at radius 3 is 2.70 bits per heavy atom. The highest BCUT2D eigenvalue weighted by Gasteiger charge is 2.32. The maximum Gasteiger partial charge on any atom is 0.416 e. The zero-order chi connectivity index (χ0) is 18.8. The Balaban J connectivity index is 1.69. The SMILES string of the molecule is OC1Cc2c([nH]c3ccc(C(F)(F)F)cc23)-c2cc(CC3CO3)ccc2N1. The summed E-state index contributed by atoms with van der Waals surface area (Å²) in [5.41, 5.74) is 4.08. The molecule has 0 bridgehead atoms.